The minimum Gasteiger partial charge on any atom is -0.382 e. The molecule has 0 spiro atoms. The van der Waals surface area contributed by atoms with E-state index in [-0.39, 0.29) is 47.0 Å². The molecule has 4 aliphatic rings. The zero-order chi connectivity index (χ0) is 21.7. The summed E-state index contributed by atoms with van der Waals surface area (Å²) in [5.41, 5.74) is -0.0127. The molecule has 166 valence electrons. The molecule has 1 aliphatic heterocycles. The summed E-state index contributed by atoms with van der Waals surface area (Å²) in [6.45, 7) is 6.34. The number of hydrogen-bond donors (Lipinski definition) is 2. The van der Waals surface area contributed by atoms with Gasteiger partial charge in [0.05, 0.1) is 6.61 Å². The molecule has 0 radical (unpaired) electrons. The van der Waals surface area contributed by atoms with Crippen molar-refractivity contribution >= 4 is 17.6 Å². The second kappa shape index (κ2) is 7.77. The van der Waals surface area contributed by atoms with Crippen LogP contribution >= 0.6 is 0 Å². The Morgan fingerprint density at radius 2 is 1.97 bits per heavy atom. The van der Waals surface area contributed by atoms with Crippen LogP contribution in [0.1, 0.15) is 59.3 Å². The molecule has 30 heavy (non-hydrogen) atoms. The van der Waals surface area contributed by atoms with Gasteiger partial charge >= 0.3 is 0 Å². The number of methoxy groups -OCH3 is 1. The number of fused-ring (bicyclic) bond motifs is 5. The summed E-state index contributed by atoms with van der Waals surface area (Å²) in [7, 11) is 1.55. The van der Waals surface area contributed by atoms with Gasteiger partial charge in [0.25, 0.3) is 0 Å². The van der Waals surface area contributed by atoms with Gasteiger partial charge in [-0.25, -0.2) is 0 Å². The first-order valence-electron chi connectivity index (χ1n) is 11.5. The van der Waals surface area contributed by atoms with E-state index in [9.17, 15) is 14.4 Å². The van der Waals surface area contributed by atoms with E-state index >= 15 is 0 Å². The Bertz CT molecular complexity index is 764. The van der Waals surface area contributed by atoms with E-state index in [0.717, 1.165) is 38.5 Å². The summed E-state index contributed by atoms with van der Waals surface area (Å²) in [6, 6.07) is -0.335. The minimum atomic E-state index is -0.563. The number of amides is 2. The van der Waals surface area contributed by atoms with Crippen LogP contribution in [0.25, 0.3) is 0 Å². The molecule has 1 unspecified atom stereocenters. The lowest BCUT2D eigenvalue weighted by molar-refractivity contribution is -0.137. The van der Waals surface area contributed by atoms with E-state index in [1.807, 2.05) is 0 Å². The van der Waals surface area contributed by atoms with E-state index < -0.39 is 6.04 Å². The zero-order valence-electron chi connectivity index (χ0n) is 18.7. The van der Waals surface area contributed by atoms with Gasteiger partial charge in [-0.2, -0.15) is 0 Å². The molecule has 1 heterocycles. The van der Waals surface area contributed by atoms with Crippen LogP contribution in [0.2, 0.25) is 0 Å². The largest absolute Gasteiger partial charge is 0.382 e. The Labute approximate surface area is 179 Å². The summed E-state index contributed by atoms with van der Waals surface area (Å²) in [5, 5.41) is 6.17. The van der Waals surface area contributed by atoms with Crippen LogP contribution < -0.4 is 10.6 Å². The summed E-state index contributed by atoms with van der Waals surface area (Å²) < 4.78 is 5.13. The van der Waals surface area contributed by atoms with Crippen molar-refractivity contribution < 1.29 is 19.1 Å². The summed E-state index contributed by atoms with van der Waals surface area (Å²) in [5.74, 6) is 1.59. The molecule has 2 N–H and O–H groups in total. The van der Waals surface area contributed by atoms with Crippen molar-refractivity contribution in [1.82, 2.24) is 10.6 Å². The number of Topliss-reactive ketones (excluding diaryl/α,β-unsaturated/α-hetero) is 1. The topological polar surface area (TPSA) is 84.5 Å². The first kappa shape index (κ1) is 21.5. The summed E-state index contributed by atoms with van der Waals surface area (Å²) in [4.78, 5) is 37.0. The second-order valence-electron chi connectivity index (χ2n) is 10.5. The third-order valence-electron chi connectivity index (χ3n) is 9.14. The number of rotatable bonds is 5. The molecule has 0 aromatic rings. The lowest BCUT2D eigenvalue weighted by atomic mass is 9.48. The molecular weight excluding hydrogens is 380 g/mol. The highest BCUT2D eigenvalue weighted by Crippen LogP contribution is 2.64. The molecule has 0 bridgehead atoms. The molecule has 0 aromatic carbocycles. The highest BCUT2D eigenvalue weighted by Gasteiger charge is 2.60. The summed E-state index contributed by atoms with van der Waals surface area (Å²) in [6.07, 6.45) is 10.1. The van der Waals surface area contributed by atoms with Crippen molar-refractivity contribution in [3.63, 3.8) is 0 Å². The Balaban J connectivity index is 1.53. The third-order valence-corrected chi connectivity index (χ3v) is 9.14. The predicted molar refractivity (Wildman–Crippen MR) is 113 cm³/mol. The number of carbonyl (C=O) groups is 3. The molecular formula is C24H36N2O4. The van der Waals surface area contributed by atoms with Crippen molar-refractivity contribution in [2.24, 2.45) is 34.5 Å². The average Bonchev–Trinajstić information content (AvgIpc) is 3.05. The number of hydrogen-bond acceptors (Lipinski definition) is 4. The van der Waals surface area contributed by atoms with Gasteiger partial charge < -0.3 is 15.4 Å². The second-order valence-corrected chi connectivity index (χ2v) is 10.5. The van der Waals surface area contributed by atoms with Crippen molar-refractivity contribution in [3.05, 3.63) is 12.2 Å². The fourth-order valence-electron chi connectivity index (χ4n) is 7.46. The monoisotopic (exact) mass is 416 g/mol. The third kappa shape index (κ3) is 3.31. The van der Waals surface area contributed by atoms with Gasteiger partial charge in [-0.3, -0.25) is 14.4 Å². The fraction of sp³-hybridized carbons (Fsp3) is 0.792. The molecule has 3 aliphatic carbocycles. The van der Waals surface area contributed by atoms with Gasteiger partial charge in [-0.05, 0) is 74.7 Å². The zero-order valence-corrected chi connectivity index (χ0v) is 18.7. The quantitative estimate of drug-likeness (QED) is 0.722. The Morgan fingerprint density at radius 3 is 2.67 bits per heavy atom. The molecule has 3 saturated carbocycles. The van der Waals surface area contributed by atoms with Crippen LogP contribution in [-0.4, -0.2) is 43.4 Å². The highest BCUT2D eigenvalue weighted by atomic mass is 16.5. The maximum absolute atomic E-state index is 13.2. The maximum Gasteiger partial charge on any atom is 0.243 e. The first-order chi connectivity index (χ1) is 14.2. The van der Waals surface area contributed by atoms with E-state index in [0.29, 0.717) is 17.8 Å². The molecule has 3 fully saturated rings. The molecule has 6 heteroatoms. The van der Waals surface area contributed by atoms with Crippen LogP contribution in [0, 0.1) is 34.5 Å². The molecule has 0 aromatic heterocycles. The normalized spacial score (nSPS) is 43.1. The van der Waals surface area contributed by atoms with Gasteiger partial charge in [-0.15, -0.1) is 0 Å². The molecule has 0 saturated heterocycles. The average molecular weight is 417 g/mol. The number of nitrogens with one attached hydrogen (secondary N) is 2. The van der Waals surface area contributed by atoms with E-state index in [1.165, 1.54) is 6.92 Å². The van der Waals surface area contributed by atoms with E-state index in [1.54, 1.807) is 13.2 Å². The Morgan fingerprint density at radius 1 is 1.20 bits per heavy atom. The predicted octanol–water partition coefficient (Wildman–Crippen LogP) is 2.62. The van der Waals surface area contributed by atoms with Crippen LogP contribution in [0.3, 0.4) is 0 Å². The standard InChI is InChI=1S/C24H36N2O4/c1-14(27)19(13-30-4)25-22(29)18-7-6-16-15-5-8-20-24(3,12-10-21(28)26-20)17(15)9-11-23(16,18)2/h10,12,15-20H,5-9,11,13H2,1-4H3,(H,25,29)(H,26,28)/t15-,16-,17-,18+,19?,20+,23-,24+/m0/s1. The van der Waals surface area contributed by atoms with Crippen molar-refractivity contribution in [1.29, 1.82) is 0 Å². The van der Waals surface area contributed by atoms with Gasteiger partial charge in [0.2, 0.25) is 11.8 Å². The van der Waals surface area contributed by atoms with E-state index in [2.05, 4.69) is 30.6 Å². The lowest BCUT2D eigenvalue weighted by Gasteiger charge is -2.58. The Hall–Kier alpha value is -1.69. The van der Waals surface area contributed by atoms with Crippen molar-refractivity contribution in [2.75, 3.05) is 13.7 Å². The van der Waals surface area contributed by atoms with Crippen LogP contribution in [-0.2, 0) is 19.1 Å². The van der Waals surface area contributed by atoms with Gasteiger partial charge in [0, 0.05) is 24.5 Å². The smallest absolute Gasteiger partial charge is 0.243 e. The first-order valence-corrected chi connectivity index (χ1v) is 11.5. The maximum atomic E-state index is 13.2. The SMILES string of the molecule is COCC(NC(=O)[C@H]1CC[C@H]2[C@@H]3CC[C@H]4NC(=O)C=C[C@]4(C)[C@H]3CC[C@]12C)C(C)=O. The van der Waals surface area contributed by atoms with Crippen molar-refractivity contribution in [2.45, 2.75) is 71.4 Å². The van der Waals surface area contributed by atoms with Crippen LogP contribution in [0.15, 0.2) is 12.2 Å². The molecule has 2 amide bonds. The lowest BCUT2D eigenvalue weighted by Crippen LogP contribution is -2.59. The van der Waals surface area contributed by atoms with Gasteiger partial charge in [-0.1, -0.05) is 19.9 Å². The van der Waals surface area contributed by atoms with E-state index in [4.69, 9.17) is 4.74 Å². The van der Waals surface area contributed by atoms with Gasteiger partial charge in [0.15, 0.2) is 5.78 Å². The molecule has 8 atom stereocenters. The van der Waals surface area contributed by atoms with Crippen LogP contribution in [0.5, 0.6) is 0 Å². The molecule has 4 rings (SSSR count). The fourth-order valence-corrected chi connectivity index (χ4v) is 7.46. The molecule has 6 nitrogen and oxygen atoms in total. The highest BCUT2D eigenvalue weighted by molar-refractivity contribution is 5.89. The number of ketones is 1. The van der Waals surface area contributed by atoms with Crippen LogP contribution in [0.4, 0.5) is 0 Å². The summed E-state index contributed by atoms with van der Waals surface area (Å²) >= 11 is 0. The minimum absolute atomic E-state index is 0.0106. The van der Waals surface area contributed by atoms with Crippen molar-refractivity contribution in [3.8, 4) is 0 Å². The number of ether oxygens (including phenoxy) is 1. The number of carbonyl (C=O) groups excluding carboxylic acids is 3. The van der Waals surface area contributed by atoms with Gasteiger partial charge in [0.1, 0.15) is 6.04 Å². The Kier molecular flexibility index (Phi) is 5.58.